The molecule has 0 radical (unpaired) electrons. The second kappa shape index (κ2) is 8.21. The Kier molecular flexibility index (Phi) is 7.70. The van der Waals surface area contributed by atoms with Gasteiger partial charge in [0.1, 0.15) is 0 Å². The summed E-state index contributed by atoms with van der Waals surface area (Å²) < 4.78 is 25.0. The molecule has 0 aliphatic heterocycles. The maximum absolute atomic E-state index is 11.9. The van der Waals surface area contributed by atoms with Crippen molar-refractivity contribution in [1.82, 2.24) is 0 Å². The number of halogens is 1. The summed E-state index contributed by atoms with van der Waals surface area (Å²) in [7, 11) is -3.41. The molecule has 0 bridgehead atoms. The van der Waals surface area contributed by atoms with Gasteiger partial charge < -0.3 is 11.1 Å². The number of rotatable bonds is 6. The van der Waals surface area contributed by atoms with Crippen molar-refractivity contribution in [2.45, 2.75) is 32.7 Å². The average molecular weight is 336 g/mol. The molecule has 0 saturated heterocycles. The zero-order valence-corrected chi connectivity index (χ0v) is 14.0. The Morgan fingerprint density at radius 1 is 1.33 bits per heavy atom. The lowest BCUT2D eigenvalue weighted by Crippen LogP contribution is -2.35. The van der Waals surface area contributed by atoms with Crippen molar-refractivity contribution in [1.29, 1.82) is 0 Å². The zero-order chi connectivity index (χ0) is 15.3. The maximum Gasteiger partial charge on any atom is 0.241 e. The molecular formula is C13H22ClN3O3S. The number of benzene rings is 1. The Hall–Kier alpha value is -1.31. The lowest BCUT2D eigenvalue weighted by Gasteiger charge is -2.15. The number of hydrogen-bond donors (Lipinski definition) is 3. The van der Waals surface area contributed by atoms with Crippen molar-refractivity contribution in [3.63, 3.8) is 0 Å². The van der Waals surface area contributed by atoms with E-state index in [-0.39, 0.29) is 18.3 Å². The van der Waals surface area contributed by atoms with E-state index in [2.05, 4.69) is 10.0 Å². The third kappa shape index (κ3) is 6.79. The quantitative estimate of drug-likeness (QED) is 0.738. The van der Waals surface area contributed by atoms with Gasteiger partial charge in [-0.05, 0) is 31.0 Å². The first-order chi connectivity index (χ1) is 9.23. The summed E-state index contributed by atoms with van der Waals surface area (Å²) in [5.41, 5.74) is 7.38. The molecule has 0 spiro atoms. The number of anilines is 2. The Morgan fingerprint density at radius 3 is 2.48 bits per heavy atom. The van der Waals surface area contributed by atoms with Crippen molar-refractivity contribution in [3.05, 3.63) is 23.8 Å². The lowest BCUT2D eigenvalue weighted by molar-refractivity contribution is -0.117. The highest BCUT2D eigenvalue weighted by Gasteiger charge is 2.15. The van der Waals surface area contributed by atoms with Gasteiger partial charge in [0.15, 0.2) is 0 Å². The van der Waals surface area contributed by atoms with Crippen molar-refractivity contribution < 1.29 is 13.2 Å². The van der Waals surface area contributed by atoms with Crippen molar-refractivity contribution in [2.75, 3.05) is 16.3 Å². The summed E-state index contributed by atoms with van der Waals surface area (Å²) >= 11 is 0. The Morgan fingerprint density at radius 2 is 1.95 bits per heavy atom. The van der Waals surface area contributed by atoms with Gasteiger partial charge in [-0.3, -0.25) is 9.52 Å². The third-order valence-corrected chi connectivity index (χ3v) is 3.26. The molecule has 1 aromatic carbocycles. The van der Waals surface area contributed by atoms with Crippen molar-refractivity contribution in [3.8, 4) is 0 Å². The molecule has 1 atom stereocenters. The van der Waals surface area contributed by atoms with Crippen LogP contribution in [-0.2, 0) is 14.8 Å². The number of sulfonamides is 1. The van der Waals surface area contributed by atoms with Crippen LogP contribution in [-0.4, -0.2) is 26.6 Å². The SMILES string of the molecule is CCCC(N)C(=O)Nc1cc(C)ccc1NS(C)(=O)=O.Cl. The highest BCUT2D eigenvalue weighted by Crippen LogP contribution is 2.24. The first-order valence-corrected chi connectivity index (χ1v) is 8.27. The number of amides is 1. The van der Waals surface area contributed by atoms with E-state index in [1.807, 2.05) is 13.8 Å². The standard InChI is InChI=1S/C13H21N3O3S.ClH/c1-4-5-10(14)13(17)15-12-8-9(2)6-7-11(12)16-20(3,18)19;/h6-8,10,16H,4-5,14H2,1-3H3,(H,15,17);1H. The molecule has 8 heteroatoms. The van der Waals surface area contributed by atoms with Gasteiger partial charge in [0.2, 0.25) is 15.9 Å². The molecule has 120 valence electrons. The Labute approximate surface area is 132 Å². The molecule has 0 aliphatic rings. The normalized spacial score (nSPS) is 12.2. The Bertz CT molecular complexity index is 590. The molecule has 1 unspecified atom stereocenters. The molecule has 1 rings (SSSR count). The number of hydrogen-bond acceptors (Lipinski definition) is 4. The molecule has 0 heterocycles. The molecule has 4 N–H and O–H groups in total. The molecule has 1 aromatic rings. The first-order valence-electron chi connectivity index (χ1n) is 6.38. The molecule has 1 amide bonds. The number of nitrogens with one attached hydrogen (secondary N) is 2. The van der Waals surface area contributed by atoms with Crippen LogP contribution in [0.15, 0.2) is 18.2 Å². The summed E-state index contributed by atoms with van der Waals surface area (Å²) in [5, 5.41) is 2.67. The summed E-state index contributed by atoms with van der Waals surface area (Å²) in [6.07, 6.45) is 2.44. The van der Waals surface area contributed by atoms with E-state index in [1.165, 1.54) is 0 Å². The minimum absolute atomic E-state index is 0. The minimum atomic E-state index is -3.41. The van der Waals surface area contributed by atoms with E-state index >= 15 is 0 Å². The van der Waals surface area contributed by atoms with Gasteiger partial charge in [-0.1, -0.05) is 19.4 Å². The number of carbonyl (C=O) groups is 1. The van der Waals surface area contributed by atoms with Crippen LogP contribution in [0.4, 0.5) is 11.4 Å². The van der Waals surface area contributed by atoms with Crippen LogP contribution in [0.1, 0.15) is 25.3 Å². The molecule has 21 heavy (non-hydrogen) atoms. The van der Waals surface area contributed by atoms with Crippen molar-refractivity contribution >= 4 is 39.7 Å². The fourth-order valence-electron chi connectivity index (χ4n) is 1.72. The van der Waals surface area contributed by atoms with E-state index < -0.39 is 16.1 Å². The summed E-state index contributed by atoms with van der Waals surface area (Å²) in [6.45, 7) is 3.79. The van der Waals surface area contributed by atoms with Gasteiger partial charge in [0, 0.05) is 0 Å². The van der Waals surface area contributed by atoms with Crippen LogP contribution >= 0.6 is 12.4 Å². The fourth-order valence-corrected chi connectivity index (χ4v) is 2.30. The van der Waals surface area contributed by atoms with Gasteiger partial charge in [0.05, 0.1) is 23.7 Å². The maximum atomic E-state index is 11.9. The first kappa shape index (κ1) is 19.7. The highest BCUT2D eigenvalue weighted by atomic mass is 35.5. The summed E-state index contributed by atoms with van der Waals surface area (Å²) in [5.74, 6) is -0.325. The van der Waals surface area contributed by atoms with Gasteiger partial charge in [-0.15, -0.1) is 12.4 Å². The van der Waals surface area contributed by atoms with E-state index in [0.29, 0.717) is 17.8 Å². The van der Waals surface area contributed by atoms with Crippen LogP contribution in [0, 0.1) is 6.92 Å². The second-order valence-corrected chi connectivity index (χ2v) is 6.56. The largest absolute Gasteiger partial charge is 0.323 e. The third-order valence-electron chi connectivity index (χ3n) is 2.66. The highest BCUT2D eigenvalue weighted by molar-refractivity contribution is 7.92. The van der Waals surface area contributed by atoms with Gasteiger partial charge >= 0.3 is 0 Å². The zero-order valence-electron chi connectivity index (χ0n) is 12.3. The minimum Gasteiger partial charge on any atom is -0.323 e. The van der Waals surface area contributed by atoms with Crippen LogP contribution < -0.4 is 15.8 Å². The average Bonchev–Trinajstić information content (AvgIpc) is 2.31. The van der Waals surface area contributed by atoms with Crippen molar-refractivity contribution in [2.24, 2.45) is 5.73 Å². The van der Waals surface area contributed by atoms with Gasteiger partial charge in [-0.2, -0.15) is 0 Å². The molecule has 0 saturated carbocycles. The fraction of sp³-hybridized carbons (Fsp3) is 0.462. The van der Waals surface area contributed by atoms with E-state index in [4.69, 9.17) is 5.73 Å². The molecule has 0 fully saturated rings. The topological polar surface area (TPSA) is 101 Å². The van der Waals surface area contributed by atoms with E-state index in [0.717, 1.165) is 18.2 Å². The number of carbonyl (C=O) groups excluding carboxylic acids is 1. The predicted molar refractivity (Wildman–Crippen MR) is 88.4 cm³/mol. The van der Waals surface area contributed by atoms with E-state index in [1.54, 1.807) is 18.2 Å². The number of nitrogens with two attached hydrogens (primary N) is 1. The van der Waals surface area contributed by atoms with Crippen LogP contribution in [0.25, 0.3) is 0 Å². The second-order valence-electron chi connectivity index (χ2n) is 4.81. The molecule has 0 aromatic heterocycles. The van der Waals surface area contributed by atoms with Crippen LogP contribution in [0.2, 0.25) is 0 Å². The lowest BCUT2D eigenvalue weighted by atomic mass is 10.1. The molecule has 0 aliphatic carbocycles. The van der Waals surface area contributed by atoms with Crippen LogP contribution in [0.3, 0.4) is 0 Å². The Balaban J connectivity index is 0.00000400. The van der Waals surface area contributed by atoms with Crippen LogP contribution in [0.5, 0.6) is 0 Å². The molecular weight excluding hydrogens is 314 g/mol. The smallest absolute Gasteiger partial charge is 0.241 e. The van der Waals surface area contributed by atoms with E-state index in [9.17, 15) is 13.2 Å². The number of aryl methyl sites for hydroxylation is 1. The monoisotopic (exact) mass is 335 g/mol. The van der Waals surface area contributed by atoms with Gasteiger partial charge in [-0.25, -0.2) is 8.42 Å². The predicted octanol–water partition coefficient (Wildman–Crippen LogP) is 1.85. The summed E-state index contributed by atoms with van der Waals surface area (Å²) in [4.78, 5) is 11.9. The summed E-state index contributed by atoms with van der Waals surface area (Å²) in [6, 6.07) is 4.46. The van der Waals surface area contributed by atoms with Gasteiger partial charge in [0.25, 0.3) is 0 Å². The molecule has 6 nitrogen and oxygen atoms in total.